The summed E-state index contributed by atoms with van der Waals surface area (Å²) in [5.41, 5.74) is 3.07. The normalized spacial score (nSPS) is 11.8. The summed E-state index contributed by atoms with van der Waals surface area (Å²) >= 11 is 0. The summed E-state index contributed by atoms with van der Waals surface area (Å²) in [6.07, 6.45) is 4.59. The van der Waals surface area contributed by atoms with Crippen molar-refractivity contribution in [3.05, 3.63) is 78.1 Å². The third-order valence-electron chi connectivity index (χ3n) is 6.72. The number of amides is 2. The highest BCUT2D eigenvalue weighted by Crippen LogP contribution is 2.29. The Morgan fingerprint density at radius 2 is 1.75 bits per heavy atom. The number of nitrogens with one attached hydrogen (secondary N) is 1. The molecule has 0 bridgehead atoms. The Morgan fingerprint density at radius 3 is 2.48 bits per heavy atom. The van der Waals surface area contributed by atoms with Crippen LogP contribution in [0, 0.1) is 5.92 Å². The minimum absolute atomic E-state index is 0.0622. The molecule has 2 aromatic heterocycles. The third kappa shape index (κ3) is 6.93. The highest BCUT2D eigenvalue weighted by atomic mass is 16.5. The first kappa shape index (κ1) is 28.5. The van der Waals surface area contributed by atoms with Gasteiger partial charge in [0.05, 0.1) is 19.7 Å². The van der Waals surface area contributed by atoms with Crippen LogP contribution in [0.1, 0.15) is 37.4 Å². The number of fused-ring (bicyclic) bond motifs is 1. The smallest absolute Gasteiger partial charge is 0.247 e. The third-order valence-corrected chi connectivity index (χ3v) is 6.72. The van der Waals surface area contributed by atoms with Crippen LogP contribution in [-0.2, 0) is 22.6 Å². The molecule has 1 atom stereocenters. The Kier molecular flexibility index (Phi) is 9.66. The van der Waals surface area contributed by atoms with Gasteiger partial charge >= 0.3 is 0 Å². The monoisotopic (exact) mass is 544 g/mol. The molecule has 2 heterocycles. The van der Waals surface area contributed by atoms with E-state index in [-0.39, 0.29) is 24.9 Å². The predicted molar refractivity (Wildman–Crippen MR) is 152 cm³/mol. The van der Waals surface area contributed by atoms with Gasteiger partial charge in [0.2, 0.25) is 11.8 Å². The summed E-state index contributed by atoms with van der Waals surface area (Å²) in [4.78, 5) is 33.4. The number of carbonyl (C=O) groups is 2. The summed E-state index contributed by atoms with van der Waals surface area (Å²) < 4.78 is 12.4. The molecule has 10 nitrogen and oxygen atoms in total. The van der Waals surface area contributed by atoms with Crippen LogP contribution in [0.15, 0.2) is 67.0 Å². The largest absolute Gasteiger partial charge is 0.493 e. The van der Waals surface area contributed by atoms with Crippen LogP contribution < -0.4 is 14.8 Å². The molecule has 4 aromatic rings. The Morgan fingerprint density at radius 1 is 1.00 bits per heavy atom. The van der Waals surface area contributed by atoms with Crippen LogP contribution in [-0.4, -0.2) is 64.0 Å². The fourth-order valence-electron chi connectivity index (χ4n) is 4.54. The van der Waals surface area contributed by atoms with Crippen LogP contribution in [0.2, 0.25) is 0 Å². The van der Waals surface area contributed by atoms with Gasteiger partial charge in [-0.2, -0.15) is 0 Å². The number of pyridine rings is 1. The maximum Gasteiger partial charge on any atom is 0.247 e. The fraction of sp³-hybridized carbons (Fsp3) is 0.367. The number of benzene rings is 2. The zero-order valence-corrected chi connectivity index (χ0v) is 23.4. The molecule has 0 aliphatic rings. The number of para-hydroxylation sites is 1. The summed E-state index contributed by atoms with van der Waals surface area (Å²) in [5, 5.41) is 11.4. The quantitative estimate of drug-likeness (QED) is 0.272. The second-order valence-corrected chi connectivity index (χ2v) is 9.92. The lowest BCUT2D eigenvalue weighted by atomic mass is 10.0. The maximum absolute atomic E-state index is 14.0. The van der Waals surface area contributed by atoms with Gasteiger partial charge in [-0.15, -0.1) is 5.10 Å². The van der Waals surface area contributed by atoms with E-state index < -0.39 is 6.04 Å². The van der Waals surface area contributed by atoms with Crippen molar-refractivity contribution in [2.75, 3.05) is 27.3 Å². The number of ether oxygens (including phenoxy) is 2. The van der Waals surface area contributed by atoms with E-state index in [9.17, 15) is 9.59 Å². The molecule has 10 heteroatoms. The molecule has 0 unspecified atom stereocenters. The van der Waals surface area contributed by atoms with Gasteiger partial charge in [0, 0.05) is 25.5 Å². The summed E-state index contributed by atoms with van der Waals surface area (Å²) in [5.74, 6) is 1.16. The molecule has 4 rings (SSSR count). The van der Waals surface area contributed by atoms with Crippen LogP contribution in [0.5, 0.6) is 11.5 Å². The number of rotatable bonds is 13. The van der Waals surface area contributed by atoms with Crippen molar-refractivity contribution in [1.82, 2.24) is 30.2 Å². The second kappa shape index (κ2) is 13.5. The predicted octanol–water partition coefficient (Wildman–Crippen LogP) is 3.82. The molecule has 0 radical (unpaired) electrons. The number of carbonyl (C=O) groups excluding carboxylic acids is 2. The molecule has 210 valence electrons. The molecule has 0 spiro atoms. The average molecular weight is 545 g/mol. The van der Waals surface area contributed by atoms with Gasteiger partial charge in [-0.25, -0.2) is 4.68 Å². The molecule has 2 amide bonds. The standard InChI is InChI=1S/C30H36N6O4/c1-21(2)11-17-32-30(38)29(23-12-15-31-16-13-23)35(18-14-22-9-10-26(39-3)27(19-22)40-4)28(37)20-36-25-8-6-5-7-24(25)33-34-36/h5-10,12-13,15-16,19,21,29H,11,14,17-18,20H2,1-4H3,(H,32,38)/t29-/m0/s1. The van der Waals surface area contributed by atoms with Crippen molar-refractivity contribution in [1.29, 1.82) is 0 Å². The van der Waals surface area contributed by atoms with E-state index >= 15 is 0 Å². The molecule has 1 N–H and O–H groups in total. The number of nitrogens with zero attached hydrogens (tertiary/aromatic N) is 5. The van der Waals surface area contributed by atoms with Crippen molar-refractivity contribution in [2.24, 2.45) is 5.92 Å². The van der Waals surface area contributed by atoms with Crippen molar-refractivity contribution in [2.45, 2.75) is 39.3 Å². The zero-order chi connectivity index (χ0) is 28.5. The first-order valence-electron chi connectivity index (χ1n) is 13.4. The van der Waals surface area contributed by atoms with Gasteiger partial charge in [-0.3, -0.25) is 14.6 Å². The lowest BCUT2D eigenvalue weighted by Crippen LogP contribution is -2.46. The molecule has 0 aliphatic carbocycles. The van der Waals surface area contributed by atoms with Gasteiger partial charge in [-0.05, 0) is 66.3 Å². The van der Waals surface area contributed by atoms with Crippen molar-refractivity contribution in [3.63, 3.8) is 0 Å². The number of hydrogen-bond acceptors (Lipinski definition) is 7. The highest BCUT2D eigenvalue weighted by molar-refractivity contribution is 5.89. The summed E-state index contributed by atoms with van der Waals surface area (Å²) in [6, 6.07) is 15.8. The number of aromatic nitrogens is 4. The SMILES string of the molecule is COc1ccc(CCN(C(=O)Cn2nnc3ccccc32)[C@H](C(=O)NCCC(C)C)c2ccncc2)cc1OC. The Hall–Kier alpha value is -4.47. The minimum Gasteiger partial charge on any atom is -0.493 e. The van der Waals surface area contributed by atoms with Crippen molar-refractivity contribution < 1.29 is 19.1 Å². The lowest BCUT2D eigenvalue weighted by molar-refractivity contribution is -0.141. The topological polar surface area (TPSA) is 111 Å². The lowest BCUT2D eigenvalue weighted by Gasteiger charge is -2.31. The molecule has 40 heavy (non-hydrogen) atoms. The molecular weight excluding hydrogens is 508 g/mol. The van der Waals surface area contributed by atoms with E-state index in [4.69, 9.17) is 9.47 Å². The van der Waals surface area contributed by atoms with Crippen LogP contribution in [0.3, 0.4) is 0 Å². The number of hydrogen-bond donors (Lipinski definition) is 1. The van der Waals surface area contributed by atoms with E-state index in [2.05, 4.69) is 34.5 Å². The zero-order valence-electron chi connectivity index (χ0n) is 23.4. The van der Waals surface area contributed by atoms with Gasteiger partial charge < -0.3 is 19.7 Å². The minimum atomic E-state index is -0.849. The van der Waals surface area contributed by atoms with Gasteiger partial charge in [0.25, 0.3) is 0 Å². The van der Waals surface area contributed by atoms with Gasteiger partial charge in [0.15, 0.2) is 11.5 Å². The van der Waals surface area contributed by atoms with Crippen molar-refractivity contribution in [3.8, 4) is 11.5 Å². The Balaban J connectivity index is 1.67. The summed E-state index contributed by atoms with van der Waals surface area (Å²) in [7, 11) is 3.17. The van der Waals surface area contributed by atoms with Crippen LogP contribution in [0.4, 0.5) is 0 Å². The average Bonchev–Trinajstić information content (AvgIpc) is 3.37. The van der Waals surface area contributed by atoms with Crippen molar-refractivity contribution >= 4 is 22.8 Å². The fourth-order valence-corrected chi connectivity index (χ4v) is 4.54. The highest BCUT2D eigenvalue weighted by Gasteiger charge is 2.32. The van der Waals surface area contributed by atoms with E-state index in [0.29, 0.717) is 41.5 Å². The molecule has 2 aromatic carbocycles. The molecule has 0 aliphatic heterocycles. The van der Waals surface area contributed by atoms with Gasteiger partial charge in [-0.1, -0.05) is 37.3 Å². The van der Waals surface area contributed by atoms with E-state index in [1.165, 1.54) is 0 Å². The first-order chi connectivity index (χ1) is 19.4. The van der Waals surface area contributed by atoms with E-state index in [1.54, 1.807) is 48.3 Å². The Bertz CT molecular complexity index is 1420. The number of methoxy groups -OCH3 is 2. The summed E-state index contributed by atoms with van der Waals surface area (Å²) in [6.45, 7) is 4.95. The molecule has 0 saturated heterocycles. The first-order valence-corrected chi connectivity index (χ1v) is 13.4. The second-order valence-electron chi connectivity index (χ2n) is 9.92. The van der Waals surface area contributed by atoms with Crippen LogP contribution >= 0.6 is 0 Å². The van der Waals surface area contributed by atoms with Crippen LogP contribution in [0.25, 0.3) is 11.0 Å². The molecular formula is C30H36N6O4. The molecule has 0 fully saturated rings. The maximum atomic E-state index is 14.0. The van der Waals surface area contributed by atoms with Gasteiger partial charge in [0.1, 0.15) is 18.1 Å². The Labute approximate surface area is 234 Å². The van der Waals surface area contributed by atoms with E-state index in [1.807, 2.05) is 42.5 Å². The van der Waals surface area contributed by atoms with E-state index in [0.717, 1.165) is 17.5 Å². The molecule has 0 saturated carbocycles.